The minimum atomic E-state index is -0.0113. The van der Waals surface area contributed by atoms with Crippen molar-refractivity contribution in [2.75, 3.05) is 13.7 Å². The summed E-state index contributed by atoms with van der Waals surface area (Å²) in [5, 5.41) is 9.00. The third kappa shape index (κ3) is 3.19. The lowest BCUT2D eigenvalue weighted by Crippen LogP contribution is -2.24. The van der Waals surface area contributed by atoms with Crippen LogP contribution in [0.3, 0.4) is 0 Å². The molecule has 0 bridgehead atoms. The first-order valence-corrected chi connectivity index (χ1v) is 6.28. The third-order valence-electron chi connectivity index (χ3n) is 3.39. The molecule has 0 spiro atoms. The van der Waals surface area contributed by atoms with Crippen LogP contribution in [0.4, 0.5) is 0 Å². The molecule has 18 heavy (non-hydrogen) atoms. The highest BCUT2D eigenvalue weighted by Gasteiger charge is 2.44. The molecule has 1 fully saturated rings. The number of benzene rings is 1. The van der Waals surface area contributed by atoms with Gasteiger partial charge in [-0.05, 0) is 5.56 Å². The van der Waals surface area contributed by atoms with E-state index in [1.165, 1.54) is 0 Å². The standard InChI is InChI=1S/C15H20O3/c1-11(15-14(10-16)18-15)13(17-2)9-8-12-6-4-3-5-7-12/h3-9,11,13-16H,10H2,1-2H3/b9-8+/t11-,13+,14+,15-/m1/s1. The van der Waals surface area contributed by atoms with Crippen LogP contribution in [0.5, 0.6) is 0 Å². The van der Waals surface area contributed by atoms with Crippen LogP contribution in [-0.2, 0) is 9.47 Å². The Kier molecular flexibility index (Phi) is 4.53. The average molecular weight is 248 g/mol. The van der Waals surface area contributed by atoms with Crippen LogP contribution < -0.4 is 0 Å². The maximum absolute atomic E-state index is 9.00. The molecule has 0 saturated carbocycles. The summed E-state index contributed by atoms with van der Waals surface area (Å²) in [5.41, 5.74) is 1.15. The molecule has 1 heterocycles. The maximum Gasteiger partial charge on any atom is 0.108 e. The number of epoxide rings is 1. The maximum atomic E-state index is 9.00. The van der Waals surface area contributed by atoms with Crippen molar-refractivity contribution in [1.82, 2.24) is 0 Å². The van der Waals surface area contributed by atoms with Crippen LogP contribution in [0.2, 0.25) is 0 Å². The van der Waals surface area contributed by atoms with Crippen LogP contribution in [0.1, 0.15) is 12.5 Å². The van der Waals surface area contributed by atoms with E-state index < -0.39 is 0 Å². The Morgan fingerprint density at radius 2 is 2.11 bits per heavy atom. The lowest BCUT2D eigenvalue weighted by Gasteiger charge is -2.17. The highest BCUT2D eigenvalue weighted by atomic mass is 16.6. The molecule has 1 N–H and O–H groups in total. The van der Waals surface area contributed by atoms with E-state index in [1.807, 2.05) is 18.2 Å². The van der Waals surface area contributed by atoms with Gasteiger partial charge >= 0.3 is 0 Å². The normalized spacial score (nSPS) is 26.2. The Hall–Kier alpha value is -1.16. The molecular formula is C15H20O3. The predicted molar refractivity (Wildman–Crippen MR) is 71.2 cm³/mol. The molecule has 1 aromatic rings. The van der Waals surface area contributed by atoms with Gasteiger partial charge in [-0.1, -0.05) is 49.4 Å². The van der Waals surface area contributed by atoms with Crippen molar-refractivity contribution in [1.29, 1.82) is 0 Å². The summed E-state index contributed by atoms with van der Waals surface area (Å²) in [6.07, 6.45) is 4.21. The van der Waals surface area contributed by atoms with Gasteiger partial charge in [0.2, 0.25) is 0 Å². The first-order valence-electron chi connectivity index (χ1n) is 6.28. The zero-order valence-corrected chi connectivity index (χ0v) is 10.8. The molecule has 1 aromatic carbocycles. The number of rotatable bonds is 6. The molecular weight excluding hydrogens is 228 g/mol. The summed E-state index contributed by atoms with van der Waals surface area (Å²) >= 11 is 0. The smallest absolute Gasteiger partial charge is 0.108 e. The molecule has 3 heteroatoms. The highest BCUT2D eigenvalue weighted by molar-refractivity contribution is 5.49. The Morgan fingerprint density at radius 3 is 2.67 bits per heavy atom. The van der Waals surface area contributed by atoms with Crippen LogP contribution in [0, 0.1) is 5.92 Å². The summed E-state index contributed by atoms with van der Waals surface area (Å²) in [6, 6.07) is 10.1. The quantitative estimate of drug-likeness (QED) is 0.784. The van der Waals surface area contributed by atoms with Crippen molar-refractivity contribution in [2.45, 2.75) is 25.2 Å². The Bertz CT molecular complexity index is 388. The van der Waals surface area contributed by atoms with Gasteiger partial charge in [-0.15, -0.1) is 0 Å². The van der Waals surface area contributed by atoms with Crippen LogP contribution in [-0.4, -0.2) is 37.1 Å². The monoisotopic (exact) mass is 248 g/mol. The lowest BCUT2D eigenvalue weighted by atomic mass is 9.97. The number of hydrogen-bond acceptors (Lipinski definition) is 3. The molecule has 0 amide bonds. The number of methoxy groups -OCH3 is 1. The van der Waals surface area contributed by atoms with E-state index in [9.17, 15) is 0 Å². The second-order valence-corrected chi connectivity index (χ2v) is 4.65. The van der Waals surface area contributed by atoms with Gasteiger partial charge in [0.1, 0.15) is 6.10 Å². The van der Waals surface area contributed by atoms with Crippen LogP contribution >= 0.6 is 0 Å². The Morgan fingerprint density at radius 1 is 1.39 bits per heavy atom. The second kappa shape index (κ2) is 6.14. The van der Waals surface area contributed by atoms with Crippen molar-refractivity contribution < 1.29 is 14.6 Å². The average Bonchev–Trinajstić information content (AvgIpc) is 3.20. The molecule has 98 valence electrons. The summed E-state index contributed by atoms with van der Waals surface area (Å²) in [6.45, 7) is 2.18. The summed E-state index contributed by atoms with van der Waals surface area (Å²) in [5.74, 6) is 0.243. The Balaban J connectivity index is 1.95. The topological polar surface area (TPSA) is 42.0 Å². The first-order chi connectivity index (χ1) is 8.76. The summed E-state index contributed by atoms with van der Waals surface area (Å²) in [7, 11) is 1.70. The minimum absolute atomic E-state index is 0.00626. The van der Waals surface area contributed by atoms with E-state index in [0.717, 1.165) is 5.56 Å². The van der Waals surface area contributed by atoms with E-state index in [4.69, 9.17) is 14.6 Å². The molecule has 2 rings (SSSR count). The molecule has 0 unspecified atom stereocenters. The van der Waals surface area contributed by atoms with E-state index in [-0.39, 0.29) is 30.8 Å². The van der Waals surface area contributed by atoms with Crippen molar-refractivity contribution in [2.24, 2.45) is 5.92 Å². The number of aliphatic hydroxyl groups is 1. The second-order valence-electron chi connectivity index (χ2n) is 4.65. The number of ether oxygens (including phenoxy) is 2. The van der Waals surface area contributed by atoms with E-state index >= 15 is 0 Å². The third-order valence-corrected chi connectivity index (χ3v) is 3.39. The van der Waals surface area contributed by atoms with Gasteiger partial charge in [0, 0.05) is 13.0 Å². The van der Waals surface area contributed by atoms with Gasteiger partial charge in [0.25, 0.3) is 0 Å². The molecule has 3 nitrogen and oxygen atoms in total. The van der Waals surface area contributed by atoms with Crippen molar-refractivity contribution in [3.8, 4) is 0 Å². The van der Waals surface area contributed by atoms with Crippen molar-refractivity contribution in [3.05, 3.63) is 42.0 Å². The van der Waals surface area contributed by atoms with E-state index in [2.05, 4.69) is 31.2 Å². The van der Waals surface area contributed by atoms with Crippen LogP contribution in [0.25, 0.3) is 6.08 Å². The van der Waals surface area contributed by atoms with Crippen molar-refractivity contribution in [3.63, 3.8) is 0 Å². The largest absolute Gasteiger partial charge is 0.394 e. The van der Waals surface area contributed by atoms with Crippen LogP contribution in [0.15, 0.2) is 36.4 Å². The van der Waals surface area contributed by atoms with E-state index in [1.54, 1.807) is 7.11 Å². The zero-order valence-electron chi connectivity index (χ0n) is 10.8. The number of aliphatic hydroxyl groups excluding tert-OH is 1. The molecule has 4 atom stereocenters. The molecule has 0 radical (unpaired) electrons. The van der Waals surface area contributed by atoms with E-state index in [0.29, 0.717) is 0 Å². The molecule has 1 saturated heterocycles. The SMILES string of the molecule is CO[C@@H](/C=C/c1ccccc1)[C@@H](C)[C@H]1O[C@H]1CO. The minimum Gasteiger partial charge on any atom is -0.394 e. The van der Waals surface area contributed by atoms with Crippen molar-refractivity contribution >= 4 is 6.08 Å². The first kappa shape index (κ1) is 13.3. The molecule has 1 aliphatic rings. The zero-order chi connectivity index (χ0) is 13.0. The molecule has 1 aliphatic heterocycles. The fraction of sp³-hybridized carbons (Fsp3) is 0.467. The molecule has 0 aliphatic carbocycles. The fourth-order valence-corrected chi connectivity index (χ4v) is 2.19. The number of hydrogen-bond donors (Lipinski definition) is 1. The lowest BCUT2D eigenvalue weighted by molar-refractivity contribution is 0.0838. The van der Waals surface area contributed by atoms with Gasteiger partial charge in [0.15, 0.2) is 0 Å². The fourth-order valence-electron chi connectivity index (χ4n) is 2.19. The molecule has 0 aromatic heterocycles. The highest BCUT2D eigenvalue weighted by Crippen LogP contribution is 2.32. The summed E-state index contributed by atoms with van der Waals surface area (Å²) in [4.78, 5) is 0. The van der Waals surface area contributed by atoms with Gasteiger partial charge in [-0.3, -0.25) is 0 Å². The van der Waals surface area contributed by atoms with Gasteiger partial charge in [-0.2, -0.15) is 0 Å². The Labute approximate surface area is 108 Å². The van der Waals surface area contributed by atoms with Gasteiger partial charge in [-0.25, -0.2) is 0 Å². The summed E-state index contributed by atoms with van der Waals surface area (Å²) < 4.78 is 10.9. The predicted octanol–water partition coefficient (Wildman–Crippen LogP) is 2.11. The van der Waals surface area contributed by atoms with Gasteiger partial charge < -0.3 is 14.6 Å². The van der Waals surface area contributed by atoms with Gasteiger partial charge in [0.05, 0.1) is 18.8 Å².